The van der Waals surface area contributed by atoms with E-state index in [0.717, 1.165) is 52.9 Å². The molecule has 37 heavy (non-hydrogen) atoms. The van der Waals surface area contributed by atoms with Gasteiger partial charge >= 0.3 is 0 Å². The molecule has 0 N–H and O–H groups in total. The van der Waals surface area contributed by atoms with Gasteiger partial charge in [0.2, 0.25) is 5.91 Å². The second kappa shape index (κ2) is 8.54. The molecular weight excluding hydrogens is 482 g/mol. The maximum Gasteiger partial charge on any atom is 0.237 e. The number of rotatable bonds is 4. The van der Waals surface area contributed by atoms with Gasteiger partial charge in [-0.15, -0.1) is 0 Å². The lowest BCUT2D eigenvalue weighted by Gasteiger charge is -2.50. The third-order valence-corrected chi connectivity index (χ3v) is 9.21. The number of fused-ring (bicyclic) bond motifs is 2. The normalized spacial score (nSPS) is 25.1. The summed E-state index contributed by atoms with van der Waals surface area (Å²) >= 11 is 6.67. The maximum atomic E-state index is 13.7. The first kappa shape index (κ1) is 24.9. The van der Waals surface area contributed by atoms with Crippen molar-refractivity contribution in [2.75, 3.05) is 18.0 Å². The van der Waals surface area contributed by atoms with E-state index in [1.807, 2.05) is 12.4 Å². The molecule has 0 radical (unpaired) electrons. The number of imidazole rings is 1. The molecule has 2 aliphatic heterocycles. The molecule has 6 nitrogen and oxygen atoms in total. The Morgan fingerprint density at radius 3 is 2.54 bits per heavy atom. The molecule has 2 aromatic heterocycles. The van der Waals surface area contributed by atoms with Crippen molar-refractivity contribution in [3.8, 4) is 11.3 Å². The van der Waals surface area contributed by atoms with Gasteiger partial charge in [0.15, 0.2) is 5.15 Å². The molecule has 0 bridgehead atoms. The summed E-state index contributed by atoms with van der Waals surface area (Å²) in [5.41, 5.74) is 5.43. The molecule has 0 atom stereocenters. The lowest BCUT2D eigenvalue weighted by atomic mass is 9.78. The SMILES string of the molecule is CC(C)n1cnc2cc(-c3ccc4c(c3)N([C@H]3C[C@@H](N5CCCC(C)(C)C5)C3)C(=O)C4(C)C)nc(Cl)c21. The van der Waals surface area contributed by atoms with Crippen molar-refractivity contribution in [2.45, 2.75) is 90.8 Å². The molecule has 4 heterocycles. The molecule has 3 aromatic rings. The fourth-order valence-electron chi connectivity index (χ4n) is 6.71. The average Bonchev–Trinajstić information content (AvgIpc) is 3.31. The molecule has 0 spiro atoms. The zero-order valence-corrected chi connectivity index (χ0v) is 23.6. The van der Waals surface area contributed by atoms with Crippen LogP contribution in [0.1, 0.15) is 78.8 Å². The third-order valence-electron chi connectivity index (χ3n) is 8.95. The number of benzene rings is 1. The van der Waals surface area contributed by atoms with Gasteiger partial charge in [0.05, 0.1) is 23.0 Å². The topological polar surface area (TPSA) is 54.3 Å². The molecule has 0 unspecified atom stereocenters. The minimum atomic E-state index is -0.531. The quantitative estimate of drug-likeness (QED) is 0.364. The zero-order chi connectivity index (χ0) is 26.3. The Hall–Kier alpha value is -2.44. The van der Waals surface area contributed by atoms with Gasteiger partial charge in [0.25, 0.3) is 0 Å². The Morgan fingerprint density at radius 2 is 1.84 bits per heavy atom. The largest absolute Gasteiger partial charge is 0.326 e. The molecule has 6 rings (SSSR count). The fourth-order valence-corrected chi connectivity index (χ4v) is 6.99. The van der Waals surface area contributed by atoms with Crippen LogP contribution in [0.3, 0.4) is 0 Å². The van der Waals surface area contributed by atoms with Crippen LogP contribution in [0.25, 0.3) is 22.3 Å². The standard InChI is InChI=1S/C30H38ClN5O/c1-18(2)35-17-32-24-15-23(33-27(31)26(24)35)19-8-9-22-25(12-19)36(28(37)30(22,5)6)21-13-20(14-21)34-11-7-10-29(3,4)16-34/h8-9,12,15,17-18,20-21H,7,10-11,13-14,16H2,1-6H3/t20-,21+. The van der Waals surface area contributed by atoms with Crippen LogP contribution in [-0.2, 0) is 10.2 Å². The smallest absolute Gasteiger partial charge is 0.237 e. The van der Waals surface area contributed by atoms with Crippen LogP contribution in [0.15, 0.2) is 30.6 Å². The fraction of sp³-hybridized carbons (Fsp3) is 0.567. The number of anilines is 1. The van der Waals surface area contributed by atoms with Gasteiger partial charge in [0.1, 0.15) is 5.52 Å². The van der Waals surface area contributed by atoms with Crippen LogP contribution < -0.4 is 4.90 Å². The number of halogens is 1. The summed E-state index contributed by atoms with van der Waals surface area (Å²) in [6, 6.07) is 9.40. The Kier molecular flexibility index (Phi) is 5.74. The van der Waals surface area contributed by atoms with Gasteiger partial charge in [-0.2, -0.15) is 0 Å². The summed E-state index contributed by atoms with van der Waals surface area (Å²) in [6.45, 7) is 15.4. The summed E-state index contributed by atoms with van der Waals surface area (Å²) in [4.78, 5) is 27.8. The number of amides is 1. The van der Waals surface area contributed by atoms with Crippen molar-refractivity contribution in [1.29, 1.82) is 0 Å². The predicted octanol–water partition coefficient (Wildman–Crippen LogP) is 6.61. The van der Waals surface area contributed by atoms with E-state index in [4.69, 9.17) is 16.6 Å². The Morgan fingerprint density at radius 1 is 1.08 bits per heavy atom. The van der Waals surface area contributed by atoms with E-state index in [9.17, 15) is 4.79 Å². The summed E-state index contributed by atoms with van der Waals surface area (Å²) in [5.74, 6) is 0.208. The lowest BCUT2D eigenvalue weighted by molar-refractivity contribution is -0.123. The molecule has 1 aromatic carbocycles. The second-order valence-electron chi connectivity index (χ2n) is 13.0. The van der Waals surface area contributed by atoms with E-state index >= 15 is 0 Å². The highest BCUT2D eigenvalue weighted by Gasteiger charge is 2.50. The van der Waals surface area contributed by atoms with Crippen LogP contribution in [0.2, 0.25) is 5.15 Å². The molecule has 196 valence electrons. The molecule has 3 aliphatic rings. The van der Waals surface area contributed by atoms with Crippen molar-refractivity contribution in [3.63, 3.8) is 0 Å². The number of hydrogen-bond acceptors (Lipinski definition) is 4. The van der Waals surface area contributed by atoms with Gasteiger partial charge in [-0.05, 0) is 83.0 Å². The predicted molar refractivity (Wildman–Crippen MR) is 150 cm³/mol. The van der Waals surface area contributed by atoms with Gasteiger partial charge in [-0.1, -0.05) is 37.6 Å². The monoisotopic (exact) mass is 519 g/mol. The average molecular weight is 520 g/mol. The lowest BCUT2D eigenvalue weighted by Crippen LogP contribution is -2.58. The highest BCUT2D eigenvalue weighted by molar-refractivity contribution is 6.34. The minimum absolute atomic E-state index is 0.208. The minimum Gasteiger partial charge on any atom is -0.326 e. The van der Waals surface area contributed by atoms with Crippen molar-refractivity contribution in [1.82, 2.24) is 19.4 Å². The molecule has 1 saturated heterocycles. The summed E-state index contributed by atoms with van der Waals surface area (Å²) in [7, 11) is 0. The van der Waals surface area contributed by atoms with E-state index in [2.05, 4.69) is 79.1 Å². The Balaban J connectivity index is 1.31. The van der Waals surface area contributed by atoms with Gasteiger partial charge in [-0.25, -0.2) is 9.97 Å². The summed E-state index contributed by atoms with van der Waals surface area (Å²) < 4.78 is 2.05. The molecule has 1 saturated carbocycles. The zero-order valence-electron chi connectivity index (χ0n) is 22.9. The maximum absolute atomic E-state index is 13.7. The molecule has 1 aliphatic carbocycles. The number of nitrogens with zero attached hydrogens (tertiary/aromatic N) is 5. The molecule has 7 heteroatoms. The number of carbonyl (C=O) groups is 1. The van der Waals surface area contributed by atoms with Crippen LogP contribution >= 0.6 is 11.6 Å². The number of pyridine rings is 1. The number of hydrogen-bond donors (Lipinski definition) is 0. The molecule has 1 amide bonds. The summed E-state index contributed by atoms with van der Waals surface area (Å²) in [5, 5.41) is 0.457. The van der Waals surface area contributed by atoms with Crippen LogP contribution in [-0.4, -0.2) is 50.5 Å². The van der Waals surface area contributed by atoms with Crippen molar-refractivity contribution < 1.29 is 4.79 Å². The highest BCUT2D eigenvalue weighted by atomic mass is 35.5. The van der Waals surface area contributed by atoms with Gasteiger partial charge in [-0.3, -0.25) is 9.69 Å². The van der Waals surface area contributed by atoms with Crippen molar-refractivity contribution >= 4 is 34.2 Å². The number of piperidine rings is 1. The second-order valence-corrected chi connectivity index (χ2v) is 13.3. The third kappa shape index (κ3) is 3.99. The van der Waals surface area contributed by atoms with Crippen LogP contribution in [0, 0.1) is 5.41 Å². The van der Waals surface area contributed by atoms with E-state index < -0.39 is 5.41 Å². The van der Waals surface area contributed by atoms with Gasteiger partial charge in [0, 0.05) is 35.9 Å². The highest BCUT2D eigenvalue weighted by Crippen LogP contribution is 2.48. The van der Waals surface area contributed by atoms with E-state index in [-0.39, 0.29) is 18.0 Å². The number of carbonyl (C=O) groups excluding carboxylic acids is 1. The van der Waals surface area contributed by atoms with E-state index in [1.54, 1.807) is 0 Å². The first-order valence-corrected chi connectivity index (χ1v) is 14.1. The summed E-state index contributed by atoms with van der Waals surface area (Å²) in [6.07, 6.45) is 6.49. The van der Waals surface area contributed by atoms with Crippen molar-refractivity contribution in [3.05, 3.63) is 41.3 Å². The number of likely N-dealkylation sites (tertiary alicyclic amines) is 1. The molecule has 2 fully saturated rings. The van der Waals surface area contributed by atoms with Crippen LogP contribution in [0.5, 0.6) is 0 Å². The molecular formula is C30H38ClN5O. The van der Waals surface area contributed by atoms with Crippen molar-refractivity contribution in [2.24, 2.45) is 5.41 Å². The van der Waals surface area contributed by atoms with Gasteiger partial charge < -0.3 is 9.47 Å². The Labute approximate surface area is 225 Å². The number of aromatic nitrogens is 3. The van der Waals surface area contributed by atoms with E-state index in [0.29, 0.717) is 16.6 Å². The first-order valence-electron chi connectivity index (χ1n) is 13.7. The van der Waals surface area contributed by atoms with E-state index in [1.165, 1.54) is 19.4 Å². The van der Waals surface area contributed by atoms with Crippen LogP contribution in [0.4, 0.5) is 5.69 Å². The first-order chi connectivity index (χ1) is 17.5. The Bertz CT molecular complexity index is 1380.